The van der Waals surface area contributed by atoms with Gasteiger partial charge < -0.3 is 15.8 Å². The number of nitrogen functional groups attached to an aromatic ring is 1. The summed E-state index contributed by atoms with van der Waals surface area (Å²) in [4.78, 5) is 4.38. The van der Waals surface area contributed by atoms with Gasteiger partial charge in [0.15, 0.2) is 0 Å². The molecule has 0 fully saturated rings. The Bertz CT molecular complexity index is 555. The highest BCUT2D eigenvalue weighted by Gasteiger charge is 1.99. The number of benzene rings is 1. The SMILES string of the molecule is COc1cccc(CCNc2ccc(N)c(C)n2)c1. The van der Waals surface area contributed by atoms with Crippen molar-refractivity contribution in [2.45, 2.75) is 13.3 Å². The van der Waals surface area contributed by atoms with Crippen molar-refractivity contribution >= 4 is 11.5 Å². The van der Waals surface area contributed by atoms with Crippen LogP contribution in [-0.2, 0) is 6.42 Å². The van der Waals surface area contributed by atoms with E-state index in [9.17, 15) is 0 Å². The monoisotopic (exact) mass is 257 g/mol. The van der Waals surface area contributed by atoms with Crippen LogP contribution in [-0.4, -0.2) is 18.6 Å². The van der Waals surface area contributed by atoms with Gasteiger partial charge in [-0.05, 0) is 43.2 Å². The fourth-order valence-electron chi connectivity index (χ4n) is 1.83. The Labute approximate surface area is 113 Å². The summed E-state index contributed by atoms with van der Waals surface area (Å²) in [6, 6.07) is 11.8. The molecule has 0 radical (unpaired) electrons. The van der Waals surface area contributed by atoms with Crippen molar-refractivity contribution in [3.8, 4) is 5.75 Å². The first-order valence-electron chi connectivity index (χ1n) is 6.29. The Morgan fingerprint density at radius 1 is 1.26 bits per heavy atom. The number of nitrogens with zero attached hydrogens (tertiary/aromatic N) is 1. The van der Waals surface area contributed by atoms with Crippen molar-refractivity contribution < 1.29 is 4.74 Å². The van der Waals surface area contributed by atoms with Gasteiger partial charge in [-0.25, -0.2) is 4.98 Å². The Morgan fingerprint density at radius 2 is 2.11 bits per heavy atom. The second kappa shape index (κ2) is 6.09. The zero-order valence-electron chi connectivity index (χ0n) is 11.3. The molecule has 1 heterocycles. The normalized spacial score (nSPS) is 10.2. The number of nitrogens with two attached hydrogens (primary N) is 1. The molecule has 19 heavy (non-hydrogen) atoms. The molecule has 0 bridgehead atoms. The molecule has 3 N–H and O–H groups in total. The van der Waals surface area contributed by atoms with Crippen LogP contribution in [0.1, 0.15) is 11.3 Å². The van der Waals surface area contributed by atoms with Crippen LogP contribution in [0.15, 0.2) is 36.4 Å². The van der Waals surface area contributed by atoms with Gasteiger partial charge in [-0.1, -0.05) is 12.1 Å². The van der Waals surface area contributed by atoms with Crippen LogP contribution < -0.4 is 15.8 Å². The van der Waals surface area contributed by atoms with E-state index < -0.39 is 0 Å². The fraction of sp³-hybridized carbons (Fsp3) is 0.267. The number of hydrogen-bond donors (Lipinski definition) is 2. The number of hydrogen-bond acceptors (Lipinski definition) is 4. The lowest BCUT2D eigenvalue weighted by Gasteiger charge is -2.08. The molecule has 0 saturated heterocycles. The van der Waals surface area contributed by atoms with Crippen LogP contribution in [0.4, 0.5) is 11.5 Å². The van der Waals surface area contributed by atoms with Crippen molar-refractivity contribution in [3.05, 3.63) is 47.7 Å². The van der Waals surface area contributed by atoms with Crippen molar-refractivity contribution in [2.75, 3.05) is 24.7 Å². The molecule has 0 unspecified atom stereocenters. The molecule has 0 atom stereocenters. The number of methoxy groups -OCH3 is 1. The number of ether oxygens (including phenoxy) is 1. The summed E-state index contributed by atoms with van der Waals surface area (Å²) in [5.74, 6) is 1.74. The number of pyridine rings is 1. The van der Waals surface area contributed by atoms with Gasteiger partial charge in [-0.2, -0.15) is 0 Å². The molecule has 2 rings (SSSR count). The third-order valence-corrected chi connectivity index (χ3v) is 2.98. The first-order valence-corrected chi connectivity index (χ1v) is 6.29. The number of rotatable bonds is 5. The van der Waals surface area contributed by atoms with E-state index in [4.69, 9.17) is 10.5 Å². The topological polar surface area (TPSA) is 60.2 Å². The first kappa shape index (κ1) is 13.2. The van der Waals surface area contributed by atoms with Crippen molar-refractivity contribution in [1.82, 2.24) is 4.98 Å². The molecular formula is C15H19N3O. The summed E-state index contributed by atoms with van der Waals surface area (Å²) in [5.41, 5.74) is 8.55. The van der Waals surface area contributed by atoms with Crippen LogP contribution >= 0.6 is 0 Å². The summed E-state index contributed by atoms with van der Waals surface area (Å²) in [7, 11) is 1.68. The quantitative estimate of drug-likeness (QED) is 0.864. The lowest BCUT2D eigenvalue weighted by molar-refractivity contribution is 0.414. The molecule has 4 heteroatoms. The van der Waals surface area contributed by atoms with Crippen LogP contribution in [0.2, 0.25) is 0 Å². The Morgan fingerprint density at radius 3 is 2.84 bits per heavy atom. The smallest absolute Gasteiger partial charge is 0.126 e. The van der Waals surface area contributed by atoms with Crippen LogP contribution in [0, 0.1) is 6.92 Å². The lowest BCUT2D eigenvalue weighted by Crippen LogP contribution is -2.07. The second-order valence-electron chi connectivity index (χ2n) is 4.40. The van der Waals surface area contributed by atoms with E-state index in [2.05, 4.69) is 16.4 Å². The van der Waals surface area contributed by atoms with Gasteiger partial charge in [0.05, 0.1) is 18.5 Å². The maximum absolute atomic E-state index is 5.74. The average Bonchev–Trinajstić information content (AvgIpc) is 2.43. The van der Waals surface area contributed by atoms with Crippen molar-refractivity contribution in [2.24, 2.45) is 0 Å². The minimum absolute atomic E-state index is 0.721. The summed E-state index contributed by atoms with van der Waals surface area (Å²) in [5, 5.41) is 3.29. The predicted octanol–water partition coefficient (Wildman–Crippen LogP) is 2.64. The first-order chi connectivity index (χ1) is 9.19. The third kappa shape index (κ3) is 3.61. The van der Waals surface area contributed by atoms with Crippen LogP contribution in [0.5, 0.6) is 5.75 Å². The van der Waals surface area contributed by atoms with Gasteiger partial charge in [-0.3, -0.25) is 0 Å². The fourth-order valence-corrected chi connectivity index (χ4v) is 1.83. The zero-order chi connectivity index (χ0) is 13.7. The van der Waals surface area contributed by atoms with E-state index in [0.717, 1.165) is 35.9 Å². The van der Waals surface area contributed by atoms with Gasteiger partial charge in [0, 0.05) is 6.54 Å². The highest BCUT2D eigenvalue weighted by molar-refractivity contribution is 5.49. The lowest BCUT2D eigenvalue weighted by atomic mass is 10.1. The number of aryl methyl sites for hydroxylation is 1. The zero-order valence-corrected chi connectivity index (χ0v) is 11.3. The highest BCUT2D eigenvalue weighted by atomic mass is 16.5. The van der Waals surface area contributed by atoms with Gasteiger partial charge in [0.2, 0.25) is 0 Å². The largest absolute Gasteiger partial charge is 0.497 e. The molecular weight excluding hydrogens is 238 g/mol. The Balaban J connectivity index is 1.90. The average molecular weight is 257 g/mol. The molecule has 0 saturated carbocycles. The minimum Gasteiger partial charge on any atom is -0.497 e. The van der Waals surface area contributed by atoms with Gasteiger partial charge in [-0.15, -0.1) is 0 Å². The molecule has 0 amide bonds. The van der Waals surface area contributed by atoms with Crippen molar-refractivity contribution in [1.29, 1.82) is 0 Å². The molecule has 1 aromatic carbocycles. The summed E-state index contributed by atoms with van der Waals surface area (Å²) >= 11 is 0. The highest BCUT2D eigenvalue weighted by Crippen LogP contribution is 2.14. The molecule has 2 aromatic rings. The maximum Gasteiger partial charge on any atom is 0.126 e. The van der Waals surface area contributed by atoms with E-state index in [1.807, 2.05) is 37.3 Å². The van der Waals surface area contributed by atoms with Gasteiger partial charge in [0.1, 0.15) is 11.6 Å². The van der Waals surface area contributed by atoms with E-state index in [0.29, 0.717) is 0 Å². The molecule has 0 spiro atoms. The molecule has 0 aliphatic rings. The van der Waals surface area contributed by atoms with E-state index in [1.54, 1.807) is 7.11 Å². The number of aromatic nitrogens is 1. The van der Waals surface area contributed by atoms with Crippen LogP contribution in [0.25, 0.3) is 0 Å². The molecule has 0 aliphatic heterocycles. The van der Waals surface area contributed by atoms with Gasteiger partial charge >= 0.3 is 0 Å². The van der Waals surface area contributed by atoms with Gasteiger partial charge in [0.25, 0.3) is 0 Å². The molecule has 100 valence electrons. The Kier molecular flexibility index (Phi) is 4.23. The maximum atomic E-state index is 5.74. The summed E-state index contributed by atoms with van der Waals surface area (Å²) in [6.07, 6.45) is 0.919. The predicted molar refractivity (Wildman–Crippen MR) is 78.6 cm³/mol. The second-order valence-corrected chi connectivity index (χ2v) is 4.40. The van der Waals surface area contributed by atoms with Crippen molar-refractivity contribution in [3.63, 3.8) is 0 Å². The van der Waals surface area contributed by atoms with E-state index in [1.165, 1.54) is 5.56 Å². The summed E-state index contributed by atoms with van der Waals surface area (Å²) < 4.78 is 5.20. The van der Waals surface area contributed by atoms with E-state index in [-0.39, 0.29) is 0 Å². The molecule has 0 aliphatic carbocycles. The molecule has 1 aromatic heterocycles. The third-order valence-electron chi connectivity index (χ3n) is 2.98. The minimum atomic E-state index is 0.721. The summed E-state index contributed by atoms with van der Waals surface area (Å²) in [6.45, 7) is 2.73. The Hall–Kier alpha value is -2.23. The molecule has 4 nitrogen and oxygen atoms in total. The number of anilines is 2. The number of nitrogens with one attached hydrogen (secondary N) is 1. The van der Waals surface area contributed by atoms with Crippen LogP contribution in [0.3, 0.4) is 0 Å². The van der Waals surface area contributed by atoms with E-state index >= 15 is 0 Å². The standard InChI is InChI=1S/C15H19N3O/c1-11-14(16)6-7-15(18-11)17-9-8-12-4-3-5-13(10-12)19-2/h3-7,10H,8-9,16H2,1-2H3,(H,17,18).